The van der Waals surface area contributed by atoms with Crippen LogP contribution in [0.15, 0.2) is 35.4 Å². The van der Waals surface area contributed by atoms with Crippen molar-refractivity contribution < 1.29 is 0 Å². The van der Waals surface area contributed by atoms with Gasteiger partial charge in [0.2, 0.25) is 0 Å². The summed E-state index contributed by atoms with van der Waals surface area (Å²) in [6.45, 7) is 2.91. The van der Waals surface area contributed by atoms with Crippen molar-refractivity contribution in [2.75, 3.05) is 5.32 Å². The molecule has 0 aliphatic heterocycles. The number of nitrogens with zero attached hydrogens (tertiary/aromatic N) is 1. The van der Waals surface area contributed by atoms with Gasteiger partial charge >= 0.3 is 0 Å². The Hall–Kier alpha value is -1.00. The third-order valence-corrected chi connectivity index (χ3v) is 5.86. The molecule has 1 aromatic carbocycles. The second-order valence-corrected chi connectivity index (χ2v) is 7.94. The van der Waals surface area contributed by atoms with Crippen molar-refractivity contribution >= 4 is 28.8 Å². The molecule has 2 nitrogen and oxygen atoms in total. The van der Waals surface area contributed by atoms with Gasteiger partial charge in [-0.05, 0) is 44.0 Å². The SMILES string of the molecule is Cc1ncc(CNc2ccc(SC3CCCC3)cc2)s1. The summed E-state index contributed by atoms with van der Waals surface area (Å²) in [5.41, 5.74) is 1.19. The number of thiazole rings is 1. The molecule has 1 saturated carbocycles. The van der Waals surface area contributed by atoms with Gasteiger partial charge in [-0.15, -0.1) is 23.1 Å². The van der Waals surface area contributed by atoms with Crippen molar-refractivity contribution in [1.82, 2.24) is 4.98 Å². The fraction of sp³-hybridized carbons (Fsp3) is 0.438. The summed E-state index contributed by atoms with van der Waals surface area (Å²) in [4.78, 5) is 6.96. The largest absolute Gasteiger partial charge is 0.380 e. The Kier molecular flexibility index (Phi) is 4.63. The monoisotopic (exact) mass is 304 g/mol. The molecule has 1 heterocycles. The van der Waals surface area contributed by atoms with E-state index in [1.807, 2.05) is 24.9 Å². The molecule has 0 unspecified atom stereocenters. The Bertz CT molecular complexity index is 542. The molecule has 0 atom stereocenters. The van der Waals surface area contributed by atoms with Crippen molar-refractivity contribution in [2.24, 2.45) is 0 Å². The first-order chi connectivity index (χ1) is 9.79. The molecule has 106 valence electrons. The predicted octanol–water partition coefficient (Wildman–Crippen LogP) is 5.10. The van der Waals surface area contributed by atoms with Gasteiger partial charge in [-0.2, -0.15) is 0 Å². The van der Waals surface area contributed by atoms with E-state index in [4.69, 9.17) is 0 Å². The first-order valence-corrected chi connectivity index (χ1v) is 8.91. The third kappa shape index (κ3) is 3.76. The number of hydrogen-bond acceptors (Lipinski definition) is 4. The van der Waals surface area contributed by atoms with E-state index in [-0.39, 0.29) is 0 Å². The van der Waals surface area contributed by atoms with Crippen LogP contribution in [0.5, 0.6) is 0 Å². The van der Waals surface area contributed by atoms with Crippen LogP contribution in [0, 0.1) is 6.92 Å². The molecule has 4 heteroatoms. The Morgan fingerprint density at radius 3 is 2.65 bits per heavy atom. The summed E-state index contributed by atoms with van der Waals surface area (Å²) < 4.78 is 0. The zero-order valence-corrected chi connectivity index (χ0v) is 13.4. The molecular weight excluding hydrogens is 284 g/mol. The smallest absolute Gasteiger partial charge is 0.0897 e. The normalized spacial score (nSPS) is 15.7. The molecule has 0 amide bonds. The quantitative estimate of drug-likeness (QED) is 0.832. The van der Waals surface area contributed by atoms with Crippen LogP contribution in [0.25, 0.3) is 0 Å². The number of anilines is 1. The van der Waals surface area contributed by atoms with Crippen LogP contribution in [0.3, 0.4) is 0 Å². The minimum Gasteiger partial charge on any atom is -0.380 e. The second kappa shape index (κ2) is 6.64. The van der Waals surface area contributed by atoms with E-state index in [0.717, 1.165) is 16.8 Å². The molecule has 1 aromatic heterocycles. The van der Waals surface area contributed by atoms with Gasteiger partial charge in [0.25, 0.3) is 0 Å². The zero-order valence-electron chi connectivity index (χ0n) is 11.8. The van der Waals surface area contributed by atoms with E-state index in [2.05, 4.69) is 34.6 Å². The Balaban J connectivity index is 1.52. The Morgan fingerprint density at radius 1 is 1.25 bits per heavy atom. The van der Waals surface area contributed by atoms with Crippen LogP contribution in [-0.4, -0.2) is 10.2 Å². The van der Waals surface area contributed by atoms with Gasteiger partial charge in [0.1, 0.15) is 0 Å². The summed E-state index contributed by atoms with van der Waals surface area (Å²) in [6, 6.07) is 8.85. The fourth-order valence-corrected chi connectivity index (χ4v) is 4.51. The van der Waals surface area contributed by atoms with Gasteiger partial charge in [-0.1, -0.05) is 12.8 Å². The van der Waals surface area contributed by atoms with Gasteiger partial charge in [0, 0.05) is 26.9 Å². The molecule has 0 spiro atoms. The van der Waals surface area contributed by atoms with Crippen LogP contribution in [-0.2, 0) is 6.54 Å². The van der Waals surface area contributed by atoms with E-state index in [1.165, 1.54) is 41.1 Å². The summed E-state index contributed by atoms with van der Waals surface area (Å²) >= 11 is 3.80. The summed E-state index contributed by atoms with van der Waals surface area (Å²) in [6.07, 6.45) is 7.54. The van der Waals surface area contributed by atoms with E-state index < -0.39 is 0 Å². The summed E-state index contributed by atoms with van der Waals surface area (Å²) in [5, 5.41) is 5.43. The molecule has 1 fully saturated rings. The highest BCUT2D eigenvalue weighted by Crippen LogP contribution is 2.34. The standard InChI is InChI=1S/C16H20N2S2/c1-12-17-10-16(19-12)11-18-13-6-8-15(9-7-13)20-14-4-2-3-5-14/h6-10,14,18H,2-5,11H2,1H3. The predicted molar refractivity (Wildman–Crippen MR) is 88.7 cm³/mol. The van der Waals surface area contributed by atoms with Gasteiger partial charge < -0.3 is 5.32 Å². The molecule has 20 heavy (non-hydrogen) atoms. The van der Waals surface area contributed by atoms with Gasteiger partial charge in [-0.3, -0.25) is 0 Å². The first kappa shape index (κ1) is 14.0. The number of benzene rings is 1. The number of rotatable bonds is 5. The van der Waals surface area contributed by atoms with E-state index in [1.54, 1.807) is 11.3 Å². The topological polar surface area (TPSA) is 24.9 Å². The molecule has 0 bridgehead atoms. The van der Waals surface area contributed by atoms with Gasteiger partial charge in [0.15, 0.2) is 0 Å². The lowest BCUT2D eigenvalue weighted by molar-refractivity contribution is 0.886. The van der Waals surface area contributed by atoms with Crippen LogP contribution >= 0.6 is 23.1 Å². The van der Waals surface area contributed by atoms with Crippen LogP contribution < -0.4 is 5.32 Å². The molecule has 0 radical (unpaired) electrons. The average Bonchev–Trinajstić information content (AvgIpc) is 3.10. The lowest BCUT2D eigenvalue weighted by atomic mass is 10.3. The lowest BCUT2D eigenvalue weighted by Gasteiger charge is -2.10. The minimum atomic E-state index is 0.842. The van der Waals surface area contributed by atoms with Crippen molar-refractivity contribution in [2.45, 2.75) is 49.3 Å². The van der Waals surface area contributed by atoms with Crippen molar-refractivity contribution in [3.05, 3.63) is 40.3 Å². The van der Waals surface area contributed by atoms with Crippen molar-refractivity contribution in [1.29, 1.82) is 0 Å². The zero-order chi connectivity index (χ0) is 13.8. The fourth-order valence-electron chi connectivity index (χ4n) is 2.53. The number of aromatic nitrogens is 1. The highest BCUT2D eigenvalue weighted by atomic mass is 32.2. The maximum Gasteiger partial charge on any atom is 0.0897 e. The van der Waals surface area contributed by atoms with Crippen molar-refractivity contribution in [3.63, 3.8) is 0 Å². The molecule has 2 aromatic rings. The average molecular weight is 304 g/mol. The summed E-state index contributed by atoms with van der Waals surface area (Å²) in [5.74, 6) is 0. The van der Waals surface area contributed by atoms with Crippen LogP contribution in [0.2, 0.25) is 0 Å². The van der Waals surface area contributed by atoms with Crippen molar-refractivity contribution in [3.8, 4) is 0 Å². The van der Waals surface area contributed by atoms with E-state index in [9.17, 15) is 0 Å². The van der Waals surface area contributed by atoms with Crippen LogP contribution in [0.4, 0.5) is 5.69 Å². The Morgan fingerprint density at radius 2 is 2.00 bits per heavy atom. The molecule has 0 saturated heterocycles. The Labute approximate surface area is 129 Å². The van der Waals surface area contributed by atoms with Crippen LogP contribution in [0.1, 0.15) is 35.6 Å². The minimum absolute atomic E-state index is 0.842. The second-order valence-electron chi connectivity index (χ2n) is 5.25. The van der Waals surface area contributed by atoms with Gasteiger partial charge in [0.05, 0.1) is 11.6 Å². The number of aryl methyl sites for hydroxylation is 1. The number of thioether (sulfide) groups is 1. The number of hydrogen-bond donors (Lipinski definition) is 1. The van der Waals surface area contributed by atoms with Gasteiger partial charge in [-0.25, -0.2) is 4.98 Å². The first-order valence-electron chi connectivity index (χ1n) is 7.21. The van der Waals surface area contributed by atoms with E-state index in [0.29, 0.717) is 0 Å². The van der Waals surface area contributed by atoms with E-state index >= 15 is 0 Å². The maximum absolute atomic E-state index is 4.28. The highest BCUT2D eigenvalue weighted by Gasteiger charge is 2.15. The molecular formula is C16H20N2S2. The maximum atomic E-state index is 4.28. The highest BCUT2D eigenvalue weighted by molar-refractivity contribution is 8.00. The lowest BCUT2D eigenvalue weighted by Crippen LogP contribution is -1.97. The molecule has 1 N–H and O–H groups in total. The summed E-state index contributed by atoms with van der Waals surface area (Å²) in [7, 11) is 0. The molecule has 1 aliphatic rings. The molecule has 1 aliphatic carbocycles. The number of nitrogens with one attached hydrogen (secondary N) is 1. The third-order valence-electron chi connectivity index (χ3n) is 3.60. The molecule has 3 rings (SSSR count).